The molecule has 0 atom stereocenters. The second-order valence-electron chi connectivity index (χ2n) is 5.52. The van der Waals surface area contributed by atoms with E-state index in [0.717, 1.165) is 19.3 Å². The van der Waals surface area contributed by atoms with Crippen LogP contribution in [0.2, 0.25) is 0 Å². The number of nitrogens with one attached hydrogen (secondary N) is 1. The van der Waals surface area contributed by atoms with Crippen LogP contribution in [0.5, 0.6) is 11.5 Å². The molecule has 0 radical (unpaired) electrons. The number of carbonyl (C=O) groups is 2. The maximum Gasteiger partial charge on any atom is 0.231 e. The van der Waals surface area contributed by atoms with E-state index < -0.39 is 0 Å². The Kier molecular flexibility index (Phi) is 5.81. The second kappa shape index (κ2) is 7.82. The lowest BCUT2D eigenvalue weighted by atomic mass is 10.1. The summed E-state index contributed by atoms with van der Waals surface area (Å²) in [5, 5.41) is 2.82. The van der Waals surface area contributed by atoms with Crippen molar-refractivity contribution in [3.05, 3.63) is 17.7 Å². The molecule has 1 heterocycles. The highest BCUT2D eigenvalue weighted by molar-refractivity contribution is 6.04. The van der Waals surface area contributed by atoms with E-state index in [2.05, 4.69) is 12.2 Å². The Hall–Kier alpha value is -2.04. The lowest BCUT2D eigenvalue weighted by molar-refractivity contribution is -0.116. The minimum absolute atomic E-state index is 0.0714. The molecule has 22 heavy (non-hydrogen) atoms. The number of fused-ring (bicyclic) bond motifs is 1. The third-order valence-corrected chi connectivity index (χ3v) is 3.67. The van der Waals surface area contributed by atoms with Crippen molar-refractivity contribution in [1.29, 1.82) is 0 Å². The molecule has 5 nitrogen and oxygen atoms in total. The highest BCUT2D eigenvalue weighted by Gasteiger charge is 2.20. The average Bonchev–Trinajstić information content (AvgIpc) is 2.93. The van der Waals surface area contributed by atoms with Crippen LogP contribution in [0.1, 0.15) is 62.7 Å². The van der Waals surface area contributed by atoms with Crippen LogP contribution in [0.25, 0.3) is 0 Å². The molecule has 0 fully saturated rings. The van der Waals surface area contributed by atoms with Crippen molar-refractivity contribution >= 4 is 17.4 Å². The Labute approximate surface area is 131 Å². The minimum Gasteiger partial charge on any atom is -0.454 e. The summed E-state index contributed by atoms with van der Waals surface area (Å²) < 4.78 is 10.6. The maximum absolute atomic E-state index is 12.0. The summed E-state index contributed by atoms with van der Waals surface area (Å²) in [5.41, 5.74) is 0.943. The summed E-state index contributed by atoms with van der Waals surface area (Å²) in [6.45, 7) is 3.77. The molecule has 0 bridgehead atoms. The fourth-order valence-corrected chi connectivity index (χ4v) is 2.44. The molecule has 1 N–H and O–H groups in total. The number of ether oxygens (including phenoxy) is 2. The Morgan fingerprint density at radius 3 is 2.45 bits per heavy atom. The first kappa shape index (κ1) is 16.3. The molecule has 2 rings (SSSR count). The van der Waals surface area contributed by atoms with E-state index in [4.69, 9.17) is 9.47 Å². The van der Waals surface area contributed by atoms with E-state index in [-0.39, 0.29) is 18.5 Å². The molecular formula is C17H23NO4. The molecule has 0 aliphatic carbocycles. The number of Topliss-reactive ketones (excluding diaryl/α,β-unsaturated/α-hetero) is 1. The predicted octanol–water partition coefficient (Wildman–Crippen LogP) is 3.92. The molecule has 0 unspecified atom stereocenters. The summed E-state index contributed by atoms with van der Waals surface area (Å²) >= 11 is 0. The molecule has 1 aliphatic heterocycles. The Morgan fingerprint density at radius 2 is 1.77 bits per heavy atom. The Morgan fingerprint density at radius 1 is 1.09 bits per heavy atom. The number of benzene rings is 1. The molecule has 0 saturated heterocycles. The largest absolute Gasteiger partial charge is 0.454 e. The number of ketones is 1. The van der Waals surface area contributed by atoms with Gasteiger partial charge in [0.1, 0.15) is 0 Å². The SMILES string of the molecule is CCCCCCCC(=O)Nc1cc2c(cc1C(C)=O)OCO2. The Balaban J connectivity index is 1.96. The summed E-state index contributed by atoms with van der Waals surface area (Å²) in [4.78, 5) is 23.8. The van der Waals surface area contributed by atoms with Gasteiger partial charge in [-0.3, -0.25) is 9.59 Å². The summed E-state index contributed by atoms with van der Waals surface area (Å²) in [5.74, 6) is 0.917. The molecule has 0 spiro atoms. The predicted molar refractivity (Wildman–Crippen MR) is 84.6 cm³/mol. The third-order valence-electron chi connectivity index (χ3n) is 3.67. The van der Waals surface area contributed by atoms with Crippen LogP contribution in [-0.2, 0) is 4.79 Å². The zero-order valence-electron chi connectivity index (χ0n) is 13.2. The molecule has 5 heteroatoms. The standard InChI is InChI=1S/C17H23NO4/c1-3-4-5-6-7-8-17(20)18-14-10-16-15(21-11-22-16)9-13(14)12(2)19/h9-10H,3-8,11H2,1-2H3,(H,18,20). The van der Waals surface area contributed by atoms with Gasteiger partial charge in [0, 0.05) is 18.1 Å². The Bertz CT molecular complexity index is 554. The molecule has 1 aromatic rings. The van der Waals surface area contributed by atoms with Gasteiger partial charge in [0.2, 0.25) is 12.7 Å². The fourth-order valence-electron chi connectivity index (χ4n) is 2.44. The average molecular weight is 305 g/mol. The van der Waals surface area contributed by atoms with Crippen molar-refractivity contribution in [2.24, 2.45) is 0 Å². The molecule has 120 valence electrons. The molecular weight excluding hydrogens is 282 g/mol. The van der Waals surface area contributed by atoms with Crippen LogP contribution in [-0.4, -0.2) is 18.5 Å². The van der Waals surface area contributed by atoms with Gasteiger partial charge < -0.3 is 14.8 Å². The first-order valence-electron chi connectivity index (χ1n) is 7.86. The van der Waals surface area contributed by atoms with E-state index in [0.29, 0.717) is 29.2 Å². The van der Waals surface area contributed by atoms with Crippen LogP contribution in [0.15, 0.2) is 12.1 Å². The van der Waals surface area contributed by atoms with E-state index in [1.807, 2.05) is 0 Å². The van der Waals surface area contributed by atoms with Crippen molar-refractivity contribution in [3.63, 3.8) is 0 Å². The summed E-state index contributed by atoms with van der Waals surface area (Å²) in [7, 11) is 0. The molecule has 1 aromatic carbocycles. The van der Waals surface area contributed by atoms with Gasteiger partial charge in [0.05, 0.1) is 5.69 Å². The van der Waals surface area contributed by atoms with Gasteiger partial charge in [-0.05, 0) is 19.4 Å². The van der Waals surface area contributed by atoms with Gasteiger partial charge in [-0.15, -0.1) is 0 Å². The third kappa shape index (κ3) is 4.23. The van der Waals surface area contributed by atoms with E-state index in [9.17, 15) is 9.59 Å². The molecule has 0 saturated carbocycles. The highest BCUT2D eigenvalue weighted by atomic mass is 16.7. The lowest BCUT2D eigenvalue weighted by Crippen LogP contribution is -2.13. The monoisotopic (exact) mass is 305 g/mol. The second-order valence-corrected chi connectivity index (χ2v) is 5.52. The lowest BCUT2D eigenvalue weighted by Gasteiger charge is -2.10. The van der Waals surface area contributed by atoms with Gasteiger partial charge in [0.25, 0.3) is 0 Å². The zero-order chi connectivity index (χ0) is 15.9. The number of anilines is 1. The van der Waals surface area contributed by atoms with Crippen LogP contribution in [0, 0.1) is 0 Å². The number of carbonyl (C=O) groups excluding carboxylic acids is 2. The fraction of sp³-hybridized carbons (Fsp3) is 0.529. The smallest absolute Gasteiger partial charge is 0.231 e. The van der Waals surface area contributed by atoms with Crippen LogP contribution in [0.4, 0.5) is 5.69 Å². The summed E-state index contributed by atoms with van der Waals surface area (Å²) in [6.07, 6.45) is 5.94. The molecule has 1 aliphatic rings. The van der Waals surface area contributed by atoms with Gasteiger partial charge in [-0.2, -0.15) is 0 Å². The quantitative estimate of drug-likeness (QED) is 0.584. The summed E-state index contributed by atoms with van der Waals surface area (Å²) in [6, 6.07) is 3.29. The zero-order valence-corrected chi connectivity index (χ0v) is 13.2. The highest BCUT2D eigenvalue weighted by Crippen LogP contribution is 2.37. The topological polar surface area (TPSA) is 64.6 Å². The van der Waals surface area contributed by atoms with Gasteiger partial charge in [0.15, 0.2) is 17.3 Å². The number of unbranched alkanes of at least 4 members (excludes halogenated alkanes) is 4. The van der Waals surface area contributed by atoms with E-state index in [1.165, 1.54) is 19.8 Å². The van der Waals surface area contributed by atoms with Crippen LogP contribution >= 0.6 is 0 Å². The molecule has 0 aromatic heterocycles. The van der Waals surface area contributed by atoms with Crippen molar-refractivity contribution in [2.75, 3.05) is 12.1 Å². The van der Waals surface area contributed by atoms with Crippen molar-refractivity contribution in [2.45, 2.75) is 52.4 Å². The molecule has 1 amide bonds. The van der Waals surface area contributed by atoms with Crippen molar-refractivity contribution < 1.29 is 19.1 Å². The maximum atomic E-state index is 12.0. The number of rotatable bonds is 8. The van der Waals surface area contributed by atoms with Gasteiger partial charge in [-0.25, -0.2) is 0 Å². The number of amides is 1. The normalized spacial score (nSPS) is 12.3. The van der Waals surface area contributed by atoms with Crippen molar-refractivity contribution in [3.8, 4) is 11.5 Å². The van der Waals surface area contributed by atoms with E-state index >= 15 is 0 Å². The van der Waals surface area contributed by atoms with Crippen molar-refractivity contribution in [1.82, 2.24) is 0 Å². The van der Waals surface area contributed by atoms with Gasteiger partial charge in [-0.1, -0.05) is 32.6 Å². The van der Waals surface area contributed by atoms with E-state index in [1.54, 1.807) is 12.1 Å². The van der Waals surface area contributed by atoms with Crippen LogP contribution < -0.4 is 14.8 Å². The first-order chi connectivity index (χ1) is 10.6. The minimum atomic E-state index is -0.114. The van der Waals surface area contributed by atoms with Crippen LogP contribution in [0.3, 0.4) is 0 Å². The van der Waals surface area contributed by atoms with Gasteiger partial charge >= 0.3 is 0 Å². The first-order valence-corrected chi connectivity index (χ1v) is 7.86. The number of hydrogen-bond acceptors (Lipinski definition) is 4. The number of hydrogen-bond donors (Lipinski definition) is 1.